The van der Waals surface area contributed by atoms with Gasteiger partial charge in [-0.05, 0) is 41.2 Å². The van der Waals surface area contributed by atoms with E-state index >= 15 is 0 Å². The number of Topliss-reactive ketones (excluding diaryl/α,β-unsaturated/α-hetero) is 1. The van der Waals surface area contributed by atoms with E-state index in [1.807, 2.05) is 78.9 Å². The highest BCUT2D eigenvalue weighted by atomic mass is 35.5. The van der Waals surface area contributed by atoms with Crippen LogP contribution in [-0.4, -0.2) is 11.7 Å². The average Bonchev–Trinajstić information content (AvgIpc) is 2.93. The smallest absolute Gasteiger partial charge is 0.232 e. The minimum absolute atomic E-state index is 0.0500. The van der Waals surface area contributed by atoms with Crippen LogP contribution in [0.5, 0.6) is 0 Å². The average molecular weight is 471 g/mol. The maximum Gasteiger partial charge on any atom is 0.232 e. The van der Waals surface area contributed by atoms with Crippen molar-refractivity contribution in [1.29, 1.82) is 0 Å². The van der Waals surface area contributed by atoms with Crippen LogP contribution in [0.25, 0.3) is 0 Å². The van der Waals surface area contributed by atoms with E-state index in [4.69, 9.17) is 11.6 Å². The van der Waals surface area contributed by atoms with Crippen molar-refractivity contribution in [3.63, 3.8) is 0 Å². The highest BCUT2D eigenvalue weighted by Crippen LogP contribution is 2.49. The first-order chi connectivity index (χ1) is 16.3. The van der Waals surface area contributed by atoms with Crippen LogP contribution in [0.1, 0.15) is 43.9 Å². The number of nitrogens with one attached hydrogen (secondary N) is 1. The van der Waals surface area contributed by atoms with Crippen molar-refractivity contribution in [2.75, 3.05) is 10.2 Å². The lowest BCUT2D eigenvalue weighted by Crippen LogP contribution is -2.40. The predicted octanol–water partition coefficient (Wildman–Crippen LogP) is 6.73. The van der Waals surface area contributed by atoms with Gasteiger partial charge in [0.05, 0.1) is 23.8 Å². The van der Waals surface area contributed by atoms with Crippen molar-refractivity contribution in [2.45, 2.75) is 39.2 Å². The standard InChI is InChI=1S/C29H27ClN2O2/c1-29(2)17-23-27(25(33)18-29)28(20-12-6-7-13-21(20)30)32(24-15-9-8-14-22(24)31-23)26(34)16-19-10-4-3-5-11-19/h3-15,28,31H,16-18H2,1-2H3. The van der Waals surface area contributed by atoms with Crippen LogP contribution < -0.4 is 10.2 Å². The van der Waals surface area contributed by atoms with Gasteiger partial charge in [-0.25, -0.2) is 0 Å². The number of halogens is 1. The van der Waals surface area contributed by atoms with Gasteiger partial charge >= 0.3 is 0 Å². The number of amides is 1. The van der Waals surface area contributed by atoms with Crippen molar-refractivity contribution in [1.82, 2.24) is 0 Å². The molecule has 5 heteroatoms. The van der Waals surface area contributed by atoms with Crippen LogP contribution in [-0.2, 0) is 16.0 Å². The summed E-state index contributed by atoms with van der Waals surface area (Å²) >= 11 is 6.71. The topological polar surface area (TPSA) is 49.4 Å². The van der Waals surface area contributed by atoms with Gasteiger partial charge in [0.15, 0.2) is 5.78 Å². The van der Waals surface area contributed by atoms with Gasteiger partial charge in [-0.2, -0.15) is 0 Å². The van der Waals surface area contributed by atoms with Crippen LogP contribution in [0.15, 0.2) is 90.1 Å². The zero-order valence-electron chi connectivity index (χ0n) is 19.3. The van der Waals surface area contributed by atoms with E-state index in [1.165, 1.54) is 0 Å². The molecule has 0 aromatic heterocycles. The van der Waals surface area contributed by atoms with E-state index in [1.54, 1.807) is 4.90 Å². The molecule has 0 fully saturated rings. The lowest BCUT2D eigenvalue weighted by Gasteiger charge is -2.37. The number of fused-ring (bicyclic) bond motifs is 1. The molecule has 3 aromatic carbocycles. The minimum Gasteiger partial charge on any atom is -0.357 e. The van der Waals surface area contributed by atoms with E-state index in [9.17, 15) is 9.59 Å². The van der Waals surface area contributed by atoms with Crippen LogP contribution in [0.2, 0.25) is 5.02 Å². The van der Waals surface area contributed by atoms with E-state index < -0.39 is 6.04 Å². The summed E-state index contributed by atoms with van der Waals surface area (Å²) in [5.74, 6) is -0.0364. The summed E-state index contributed by atoms with van der Waals surface area (Å²) in [6.07, 6.45) is 1.36. The monoisotopic (exact) mass is 470 g/mol. The minimum atomic E-state index is -0.611. The molecule has 2 aliphatic rings. The van der Waals surface area contributed by atoms with Gasteiger partial charge in [0.2, 0.25) is 5.91 Å². The Kier molecular flexibility index (Phi) is 5.78. The first-order valence-electron chi connectivity index (χ1n) is 11.6. The molecule has 1 heterocycles. The number of anilines is 2. The van der Waals surface area contributed by atoms with Gasteiger partial charge in [0, 0.05) is 22.7 Å². The predicted molar refractivity (Wildman–Crippen MR) is 137 cm³/mol. The van der Waals surface area contributed by atoms with E-state index in [-0.39, 0.29) is 23.5 Å². The summed E-state index contributed by atoms with van der Waals surface area (Å²) in [4.78, 5) is 29.5. The molecule has 34 heavy (non-hydrogen) atoms. The second kappa shape index (κ2) is 8.77. The number of ketones is 1. The second-order valence-corrected chi connectivity index (χ2v) is 10.2. The molecule has 0 saturated carbocycles. The van der Waals surface area contributed by atoms with Gasteiger partial charge in [0.25, 0.3) is 0 Å². The SMILES string of the molecule is CC1(C)CC(=O)C2=C(C1)Nc1ccccc1N(C(=O)Cc1ccccc1)C2c1ccccc1Cl. The van der Waals surface area contributed by atoms with Crippen molar-refractivity contribution in [2.24, 2.45) is 5.41 Å². The third-order valence-electron chi connectivity index (χ3n) is 6.57. The summed E-state index contributed by atoms with van der Waals surface area (Å²) in [5.41, 5.74) is 4.56. The van der Waals surface area contributed by atoms with Crippen LogP contribution in [0.3, 0.4) is 0 Å². The van der Waals surface area contributed by atoms with E-state index in [0.717, 1.165) is 28.2 Å². The quantitative estimate of drug-likeness (QED) is 0.462. The zero-order chi connectivity index (χ0) is 23.9. The van der Waals surface area contributed by atoms with Crippen LogP contribution in [0, 0.1) is 5.41 Å². The first kappa shape index (κ1) is 22.4. The third-order valence-corrected chi connectivity index (χ3v) is 6.91. The van der Waals surface area contributed by atoms with E-state index in [0.29, 0.717) is 23.4 Å². The van der Waals surface area contributed by atoms with Crippen molar-refractivity contribution in [3.8, 4) is 0 Å². The summed E-state index contributed by atoms with van der Waals surface area (Å²) in [6, 6.07) is 24.3. The van der Waals surface area contributed by atoms with Gasteiger partial charge < -0.3 is 5.32 Å². The Morgan fingerprint density at radius 2 is 1.65 bits per heavy atom. The van der Waals surface area contributed by atoms with Gasteiger partial charge in [-0.15, -0.1) is 0 Å². The Morgan fingerprint density at radius 3 is 2.41 bits per heavy atom. The second-order valence-electron chi connectivity index (χ2n) is 9.83. The van der Waals surface area contributed by atoms with Crippen molar-refractivity contribution < 1.29 is 9.59 Å². The number of hydrogen-bond donors (Lipinski definition) is 1. The molecule has 172 valence electrons. The fraction of sp³-hybridized carbons (Fsp3) is 0.241. The number of carbonyl (C=O) groups is 2. The van der Waals surface area contributed by atoms with Gasteiger partial charge in [-0.1, -0.05) is 86.1 Å². The number of para-hydroxylation sites is 2. The Balaban J connectivity index is 1.74. The number of rotatable bonds is 3. The van der Waals surface area contributed by atoms with Gasteiger partial charge in [0.1, 0.15) is 0 Å². The number of hydrogen-bond acceptors (Lipinski definition) is 3. The molecule has 0 radical (unpaired) electrons. The summed E-state index contributed by atoms with van der Waals surface area (Å²) in [7, 11) is 0. The number of benzene rings is 3. The molecule has 1 aliphatic carbocycles. The molecular formula is C29H27ClN2O2. The lowest BCUT2D eigenvalue weighted by atomic mass is 9.73. The summed E-state index contributed by atoms with van der Waals surface area (Å²) in [6.45, 7) is 4.21. The molecular weight excluding hydrogens is 444 g/mol. The van der Waals surface area contributed by atoms with E-state index in [2.05, 4.69) is 19.2 Å². The van der Waals surface area contributed by atoms with Crippen LogP contribution in [0.4, 0.5) is 11.4 Å². The molecule has 4 nitrogen and oxygen atoms in total. The molecule has 3 aromatic rings. The summed E-state index contributed by atoms with van der Waals surface area (Å²) in [5, 5.41) is 4.07. The molecule has 0 saturated heterocycles. The molecule has 1 amide bonds. The fourth-order valence-electron chi connectivity index (χ4n) is 5.11. The van der Waals surface area contributed by atoms with Crippen molar-refractivity contribution in [3.05, 3.63) is 106 Å². The largest absolute Gasteiger partial charge is 0.357 e. The lowest BCUT2D eigenvalue weighted by molar-refractivity contribution is -0.119. The Bertz CT molecular complexity index is 1300. The Hall–Kier alpha value is -3.37. The maximum absolute atomic E-state index is 14.0. The van der Waals surface area contributed by atoms with Gasteiger partial charge in [-0.3, -0.25) is 14.5 Å². The first-order valence-corrected chi connectivity index (χ1v) is 11.9. The highest BCUT2D eigenvalue weighted by Gasteiger charge is 2.43. The summed E-state index contributed by atoms with van der Waals surface area (Å²) < 4.78 is 0. The zero-order valence-corrected chi connectivity index (χ0v) is 20.1. The molecule has 1 atom stereocenters. The molecule has 5 rings (SSSR count). The highest BCUT2D eigenvalue weighted by molar-refractivity contribution is 6.31. The third kappa shape index (κ3) is 4.14. The van der Waals surface area contributed by atoms with Crippen LogP contribution >= 0.6 is 11.6 Å². The molecule has 1 aliphatic heterocycles. The molecule has 0 spiro atoms. The Labute approximate surface area is 205 Å². The molecule has 0 bridgehead atoms. The maximum atomic E-state index is 14.0. The number of carbonyl (C=O) groups excluding carboxylic acids is 2. The molecule has 1 unspecified atom stereocenters. The Morgan fingerprint density at radius 1 is 0.971 bits per heavy atom. The molecule has 1 N–H and O–H groups in total. The fourth-order valence-corrected chi connectivity index (χ4v) is 5.35. The normalized spacial score (nSPS) is 19.1. The van der Waals surface area contributed by atoms with Crippen molar-refractivity contribution >= 4 is 34.7 Å². The number of nitrogens with zero attached hydrogens (tertiary/aromatic N) is 1. The number of allylic oxidation sites excluding steroid dienone is 1.